The maximum absolute atomic E-state index is 5.75. The molecule has 104 valence electrons. The van der Waals surface area contributed by atoms with Crippen molar-refractivity contribution in [2.45, 2.75) is 26.2 Å². The van der Waals surface area contributed by atoms with E-state index in [1.807, 2.05) is 0 Å². The SMILES string of the molecule is Cc1cc2c(c(Br)c1CC1CCNCC1)OCCO2. The van der Waals surface area contributed by atoms with E-state index in [1.165, 1.54) is 24.0 Å². The fourth-order valence-electron chi connectivity index (χ4n) is 2.93. The molecule has 0 radical (unpaired) electrons. The third-order valence-electron chi connectivity index (χ3n) is 4.05. The number of fused-ring (bicyclic) bond motifs is 1. The summed E-state index contributed by atoms with van der Waals surface area (Å²) in [6.07, 6.45) is 3.66. The number of aryl methyl sites for hydroxylation is 1. The summed E-state index contributed by atoms with van der Waals surface area (Å²) in [6, 6.07) is 2.12. The second-order valence-electron chi connectivity index (χ2n) is 5.41. The number of nitrogens with one attached hydrogen (secondary N) is 1. The van der Waals surface area contributed by atoms with Gasteiger partial charge in [-0.3, -0.25) is 0 Å². The number of rotatable bonds is 2. The molecular weight excluding hydrogens is 306 g/mol. The van der Waals surface area contributed by atoms with Gasteiger partial charge in [-0.2, -0.15) is 0 Å². The zero-order valence-corrected chi connectivity index (χ0v) is 12.9. The van der Waals surface area contributed by atoms with E-state index in [2.05, 4.69) is 34.2 Å². The lowest BCUT2D eigenvalue weighted by Gasteiger charge is -2.26. The van der Waals surface area contributed by atoms with E-state index in [0.29, 0.717) is 13.2 Å². The van der Waals surface area contributed by atoms with Crippen molar-refractivity contribution in [3.8, 4) is 11.5 Å². The van der Waals surface area contributed by atoms with Crippen LogP contribution in [0, 0.1) is 12.8 Å². The fraction of sp³-hybridized carbons (Fsp3) is 0.600. The molecule has 0 atom stereocenters. The van der Waals surface area contributed by atoms with Crippen molar-refractivity contribution in [2.75, 3.05) is 26.3 Å². The van der Waals surface area contributed by atoms with E-state index < -0.39 is 0 Å². The molecule has 0 aliphatic carbocycles. The summed E-state index contributed by atoms with van der Waals surface area (Å²) < 4.78 is 12.5. The van der Waals surface area contributed by atoms with E-state index in [-0.39, 0.29) is 0 Å². The highest BCUT2D eigenvalue weighted by Crippen LogP contribution is 2.42. The minimum Gasteiger partial charge on any atom is -0.486 e. The van der Waals surface area contributed by atoms with E-state index in [1.54, 1.807) is 0 Å². The largest absolute Gasteiger partial charge is 0.486 e. The van der Waals surface area contributed by atoms with Crippen LogP contribution in [-0.2, 0) is 6.42 Å². The van der Waals surface area contributed by atoms with Crippen molar-refractivity contribution in [3.63, 3.8) is 0 Å². The Kier molecular flexibility index (Phi) is 3.99. The van der Waals surface area contributed by atoms with Crippen molar-refractivity contribution in [1.82, 2.24) is 5.32 Å². The first-order valence-corrected chi connectivity index (χ1v) is 7.83. The van der Waals surface area contributed by atoms with Crippen LogP contribution in [0.5, 0.6) is 11.5 Å². The molecule has 1 aromatic rings. The Morgan fingerprint density at radius 3 is 2.79 bits per heavy atom. The molecule has 3 rings (SSSR count). The predicted molar refractivity (Wildman–Crippen MR) is 79.2 cm³/mol. The molecule has 0 unspecified atom stereocenters. The van der Waals surface area contributed by atoms with Crippen molar-refractivity contribution in [3.05, 3.63) is 21.7 Å². The average molecular weight is 326 g/mol. The molecule has 0 spiro atoms. The van der Waals surface area contributed by atoms with Crippen LogP contribution in [-0.4, -0.2) is 26.3 Å². The lowest BCUT2D eigenvalue weighted by Crippen LogP contribution is -2.29. The number of halogens is 1. The number of ether oxygens (including phenoxy) is 2. The summed E-state index contributed by atoms with van der Waals surface area (Å²) in [5, 5.41) is 3.42. The quantitative estimate of drug-likeness (QED) is 0.906. The first kappa shape index (κ1) is 13.3. The van der Waals surface area contributed by atoms with E-state index >= 15 is 0 Å². The molecular formula is C15H20BrNO2. The summed E-state index contributed by atoms with van der Waals surface area (Å²) in [4.78, 5) is 0. The maximum atomic E-state index is 5.75. The topological polar surface area (TPSA) is 30.5 Å². The van der Waals surface area contributed by atoms with E-state index in [4.69, 9.17) is 9.47 Å². The van der Waals surface area contributed by atoms with Crippen LogP contribution < -0.4 is 14.8 Å². The van der Waals surface area contributed by atoms with Gasteiger partial charge in [-0.15, -0.1) is 0 Å². The van der Waals surface area contributed by atoms with Crippen LogP contribution >= 0.6 is 15.9 Å². The molecule has 19 heavy (non-hydrogen) atoms. The van der Waals surface area contributed by atoms with Crippen molar-refractivity contribution < 1.29 is 9.47 Å². The molecule has 0 bridgehead atoms. The monoisotopic (exact) mass is 325 g/mol. The zero-order chi connectivity index (χ0) is 13.2. The number of hydrogen-bond donors (Lipinski definition) is 1. The summed E-state index contributed by atoms with van der Waals surface area (Å²) in [5.41, 5.74) is 2.69. The smallest absolute Gasteiger partial charge is 0.175 e. The lowest BCUT2D eigenvalue weighted by molar-refractivity contribution is 0.170. The molecule has 2 aliphatic rings. The Labute approximate surface area is 122 Å². The van der Waals surface area contributed by atoms with Gasteiger partial charge in [0.2, 0.25) is 0 Å². The van der Waals surface area contributed by atoms with Crippen molar-refractivity contribution in [1.29, 1.82) is 0 Å². The van der Waals surface area contributed by atoms with Crippen molar-refractivity contribution in [2.24, 2.45) is 5.92 Å². The first-order valence-electron chi connectivity index (χ1n) is 7.04. The second-order valence-corrected chi connectivity index (χ2v) is 6.20. The van der Waals surface area contributed by atoms with Gasteiger partial charge in [-0.25, -0.2) is 0 Å². The molecule has 4 heteroatoms. The fourth-order valence-corrected chi connectivity index (χ4v) is 3.71. The number of benzene rings is 1. The van der Waals surface area contributed by atoms with Crippen LogP contribution in [0.1, 0.15) is 24.0 Å². The van der Waals surface area contributed by atoms with Crippen LogP contribution in [0.15, 0.2) is 10.5 Å². The van der Waals surface area contributed by atoms with Gasteiger partial charge < -0.3 is 14.8 Å². The van der Waals surface area contributed by atoms with E-state index in [9.17, 15) is 0 Å². The molecule has 0 amide bonds. The van der Waals surface area contributed by atoms with Gasteiger partial charge in [0.15, 0.2) is 11.5 Å². The van der Waals surface area contributed by atoms with Gasteiger partial charge >= 0.3 is 0 Å². The average Bonchev–Trinajstić information content (AvgIpc) is 2.45. The van der Waals surface area contributed by atoms with Gasteiger partial charge in [0.25, 0.3) is 0 Å². The van der Waals surface area contributed by atoms with Crippen molar-refractivity contribution >= 4 is 15.9 Å². The minimum absolute atomic E-state index is 0.640. The zero-order valence-electron chi connectivity index (χ0n) is 11.3. The highest BCUT2D eigenvalue weighted by atomic mass is 79.9. The molecule has 0 aromatic heterocycles. The Balaban J connectivity index is 1.87. The van der Waals surface area contributed by atoms with E-state index in [0.717, 1.165) is 41.4 Å². The molecule has 1 saturated heterocycles. The van der Waals surface area contributed by atoms with Crippen LogP contribution in [0.4, 0.5) is 0 Å². The second kappa shape index (κ2) is 5.71. The lowest BCUT2D eigenvalue weighted by atomic mass is 9.89. The molecule has 2 aliphatic heterocycles. The summed E-state index contributed by atoms with van der Waals surface area (Å²) in [7, 11) is 0. The summed E-state index contributed by atoms with van der Waals surface area (Å²) >= 11 is 3.72. The molecule has 0 saturated carbocycles. The molecule has 3 nitrogen and oxygen atoms in total. The normalized spacial score (nSPS) is 19.5. The van der Waals surface area contributed by atoms with Crippen LogP contribution in [0.3, 0.4) is 0 Å². The minimum atomic E-state index is 0.640. The van der Waals surface area contributed by atoms with Gasteiger partial charge in [-0.1, -0.05) is 0 Å². The summed E-state index contributed by atoms with van der Waals surface area (Å²) in [5.74, 6) is 2.55. The summed E-state index contributed by atoms with van der Waals surface area (Å²) in [6.45, 7) is 5.74. The Bertz CT molecular complexity index is 470. The molecule has 1 N–H and O–H groups in total. The van der Waals surface area contributed by atoms with Gasteiger partial charge in [-0.05, 0) is 78.3 Å². The van der Waals surface area contributed by atoms with Gasteiger partial charge in [0.1, 0.15) is 13.2 Å². The Morgan fingerprint density at radius 2 is 2.00 bits per heavy atom. The van der Waals surface area contributed by atoms with Crippen LogP contribution in [0.2, 0.25) is 0 Å². The molecule has 1 aromatic carbocycles. The predicted octanol–water partition coefficient (Wildman–Crippen LogP) is 3.07. The van der Waals surface area contributed by atoms with Gasteiger partial charge in [0.05, 0.1) is 4.47 Å². The maximum Gasteiger partial charge on any atom is 0.175 e. The number of hydrogen-bond acceptors (Lipinski definition) is 3. The Morgan fingerprint density at radius 1 is 1.26 bits per heavy atom. The van der Waals surface area contributed by atoms with Gasteiger partial charge in [0, 0.05) is 0 Å². The Hall–Kier alpha value is -0.740. The standard InChI is InChI=1S/C15H20BrNO2/c1-10-8-13-15(19-7-6-18-13)14(16)12(10)9-11-2-4-17-5-3-11/h8,11,17H,2-7,9H2,1H3. The van der Waals surface area contributed by atoms with Crippen LogP contribution in [0.25, 0.3) is 0 Å². The third-order valence-corrected chi connectivity index (χ3v) is 4.89. The molecule has 1 fully saturated rings. The highest BCUT2D eigenvalue weighted by molar-refractivity contribution is 9.10. The first-order chi connectivity index (χ1) is 9.25. The molecule has 2 heterocycles. The highest BCUT2D eigenvalue weighted by Gasteiger charge is 2.22. The number of piperidine rings is 1. The third kappa shape index (κ3) is 2.75.